The third-order valence-corrected chi connectivity index (χ3v) is 3.41. The second kappa shape index (κ2) is 6.91. The molecule has 1 aromatic heterocycles. The summed E-state index contributed by atoms with van der Waals surface area (Å²) in [5, 5.41) is 4.53. The number of ketones is 1. The number of aromatic nitrogens is 2. The Labute approximate surface area is 139 Å². The molecule has 0 unspecified atom stereocenters. The second-order valence-corrected chi connectivity index (χ2v) is 5.32. The van der Waals surface area contributed by atoms with Gasteiger partial charge in [-0.2, -0.15) is 5.10 Å². The summed E-state index contributed by atoms with van der Waals surface area (Å²) in [4.78, 5) is 23.4. The van der Waals surface area contributed by atoms with Crippen LogP contribution in [0.25, 0.3) is 16.9 Å². The van der Waals surface area contributed by atoms with Crippen LogP contribution in [0.3, 0.4) is 0 Å². The maximum Gasteiger partial charge on any atom is 0.342 e. The molecule has 0 atom stereocenters. The monoisotopic (exact) mass is 320 g/mol. The van der Waals surface area contributed by atoms with Crippen LogP contribution < -0.4 is 0 Å². The zero-order valence-corrected chi connectivity index (χ0v) is 13.2. The lowest BCUT2D eigenvalue weighted by Gasteiger charge is -2.02. The minimum absolute atomic E-state index is 0.208. The lowest BCUT2D eigenvalue weighted by molar-refractivity contribution is -0.120. The fraction of sp³-hybridized carbons (Fsp3) is 0.105. The maximum absolute atomic E-state index is 12.4. The first-order valence-electron chi connectivity index (χ1n) is 7.52. The summed E-state index contributed by atoms with van der Waals surface area (Å²) in [6.45, 7) is 1.13. The molecular formula is C19H16N2O3. The van der Waals surface area contributed by atoms with E-state index in [1.807, 2.05) is 60.7 Å². The van der Waals surface area contributed by atoms with Gasteiger partial charge in [-0.3, -0.25) is 4.79 Å². The van der Waals surface area contributed by atoms with Crippen molar-refractivity contribution in [2.75, 3.05) is 6.61 Å². The Hall–Kier alpha value is -3.21. The van der Waals surface area contributed by atoms with E-state index in [1.54, 1.807) is 10.9 Å². The predicted molar refractivity (Wildman–Crippen MR) is 90.0 cm³/mol. The molecule has 0 saturated carbocycles. The van der Waals surface area contributed by atoms with Gasteiger partial charge in [0.05, 0.1) is 5.69 Å². The molecule has 3 rings (SSSR count). The van der Waals surface area contributed by atoms with Crippen LogP contribution in [0, 0.1) is 0 Å². The molecule has 0 N–H and O–H groups in total. The lowest BCUT2D eigenvalue weighted by Crippen LogP contribution is -2.11. The van der Waals surface area contributed by atoms with Crippen LogP contribution in [-0.2, 0) is 9.53 Å². The molecule has 0 spiro atoms. The van der Waals surface area contributed by atoms with Crippen molar-refractivity contribution in [1.29, 1.82) is 0 Å². The first kappa shape index (κ1) is 15.7. The number of hydrogen-bond donors (Lipinski definition) is 0. The fourth-order valence-corrected chi connectivity index (χ4v) is 2.29. The Morgan fingerprint density at radius 2 is 1.62 bits per heavy atom. The molecule has 0 radical (unpaired) electrons. The molecule has 1 heterocycles. The van der Waals surface area contributed by atoms with E-state index in [0.717, 1.165) is 11.3 Å². The molecule has 0 fully saturated rings. The molecule has 0 aliphatic rings. The topological polar surface area (TPSA) is 61.2 Å². The second-order valence-electron chi connectivity index (χ2n) is 5.32. The van der Waals surface area contributed by atoms with Crippen molar-refractivity contribution < 1.29 is 14.3 Å². The number of carbonyl (C=O) groups is 2. The van der Waals surface area contributed by atoms with Crippen molar-refractivity contribution in [3.63, 3.8) is 0 Å². The third kappa shape index (κ3) is 3.41. The average Bonchev–Trinajstić information content (AvgIpc) is 3.06. The van der Waals surface area contributed by atoms with Crippen LogP contribution in [0.2, 0.25) is 0 Å². The van der Waals surface area contributed by atoms with Crippen LogP contribution in [-0.4, -0.2) is 28.1 Å². The molecule has 120 valence electrons. The summed E-state index contributed by atoms with van der Waals surface area (Å²) in [5.74, 6) is -0.772. The van der Waals surface area contributed by atoms with Gasteiger partial charge in [0.1, 0.15) is 17.9 Å². The number of Topliss-reactive ketones (excluding diaryl/α,β-unsaturated/α-hetero) is 1. The summed E-state index contributed by atoms with van der Waals surface area (Å²) in [6, 6.07) is 18.9. The molecule has 5 heteroatoms. The van der Waals surface area contributed by atoms with E-state index in [0.29, 0.717) is 11.3 Å². The Bertz CT molecular complexity index is 855. The summed E-state index contributed by atoms with van der Waals surface area (Å²) < 4.78 is 6.69. The van der Waals surface area contributed by atoms with Crippen LogP contribution in [0.5, 0.6) is 0 Å². The van der Waals surface area contributed by atoms with Crippen LogP contribution in [0.4, 0.5) is 0 Å². The average molecular weight is 320 g/mol. The van der Waals surface area contributed by atoms with Crippen LogP contribution in [0.15, 0.2) is 66.9 Å². The van der Waals surface area contributed by atoms with E-state index in [4.69, 9.17) is 4.74 Å². The summed E-state index contributed by atoms with van der Waals surface area (Å²) in [5.41, 5.74) is 2.49. The number of benzene rings is 2. The van der Waals surface area contributed by atoms with Gasteiger partial charge in [0.25, 0.3) is 0 Å². The van der Waals surface area contributed by atoms with Crippen molar-refractivity contribution in [2.24, 2.45) is 0 Å². The van der Waals surface area contributed by atoms with Gasteiger partial charge in [-0.15, -0.1) is 0 Å². The van der Waals surface area contributed by atoms with E-state index in [2.05, 4.69) is 5.10 Å². The molecule has 24 heavy (non-hydrogen) atoms. The zero-order chi connectivity index (χ0) is 16.9. The number of rotatable bonds is 5. The first-order chi connectivity index (χ1) is 11.6. The largest absolute Gasteiger partial charge is 0.454 e. The van der Waals surface area contributed by atoms with Crippen molar-refractivity contribution in [2.45, 2.75) is 6.92 Å². The highest BCUT2D eigenvalue weighted by atomic mass is 16.5. The Morgan fingerprint density at radius 1 is 1.00 bits per heavy atom. The molecule has 2 aromatic carbocycles. The number of ether oxygens (including phenoxy) is 1. The first-order valence-corrected chi connectivity index (χ1v) is 7.52. The maximum atomic E-state index is 12.4. The summed E-state index contributed by atoms with van der Waals surface area (Å²) in [6.07, 6.45) is 1.63. The van der Waals surface area contributed by atoms with Gasteiger partial charge in [-0.25, -0.2) is 9.48 Å². The Kier molecular flexibility index (Phi) is 4.52. The zero-order valence-electron chi connectivity index (χ0n) is 13.2. The van der Waals surface area contributed by atoms with E-state index >= 15 is 0 Å². The number of nitrogens with zero attached hydrogens (tertiary/aromatic N) is 2. The number of para-hydroxylation sites is 1. The quantitative estimate of drug-likeness (QED) is 0.677. The normalized spacial score (nSPS) is 10.4. The predicted octanol–water partition coefficient (Wildman–Crippen LogP) is 3.29. The fourth-order valence-electron chi connectivity index (χ4n) is 2.29. The van der Waals surface area contributed by atoms with E-state index < -0.39 is 5.97 Å². The Morgan fingerprint density at radius 3 is 2.25 bits per heavy atom. The minimum atomic E-state index is -0.564. The molecule has 3 aromatic rings. The van der Waals surface area contributed by atoms with Crippen LogP contribution in [0.1, 0.15) is 17.3 Å². The molecule has 0 amide bonds. The number of carbonyl (C=O) groups excluding carboxylic acids is 2. The molecule has 5 nitrogen and oxygen atoms in total. The van der Waals surface area contributed by atoms with Gasteiger partial charge >= 0.3 is 5.97 Å². The number of hydrogen-bond acceptors (Lipinski definition) is 4. The van der Waals surface area contributed by atoms with Gasteiger partial charge in [0.2, 0.25) is 0 Å². The van der Waals surface area contributed by atoms with Crippen molar-refractivity contribution in [1.82, 2.24) is 9.78 Å². The van der Waals surface area contributed by atoms with Gasteiger partial charge in [0, 0.05) is 11.8 Å². The van der Waals surface area contributed by atoms with E-state index in [9.17, 15) is 9.59 Å². The molecular weight excluding hydrogens is 304 g/mol. The molecule has 0 aliphatic heterocycles. The van der Waals surface area contributed by atoms with Gasteiger partial charge in [-0.05, 0) is 19.1 Å². The van der Waals surface area contributed by atoms with Crippen LogP contribution >= 0.6 is 0 Å². The minimum Gasteiger partial charge on any atom is -0.454 e. The highest BCUT2D eigenvalue weighted by Gasteiger charge is 2.20. The van der Waals surface area contributed by atoms with Crippen molar-refractivity contribution in [3.05, 3.63) is 72.4 Å². The molecule has 0 bridgehead atoms. The summed E-state index contributed by atoms with van der Waals surface area (Å²) >= 11 is 0. The molecule has 0 saturated heterocycles. The van der Waals surface area contributed by atoms with Gasteiger partial charge < -0.3 is 4.74 Å². The SMILES string of the molecule is CC(=O)COC(=O)c1cn(-c2ccccc2)nc1-c1ccccc1. The third-order valence-electron chi connectivity index (χ3n) is 3.41. The van der Waals surface area contributed by atoms with Gasteiger partial charge in [0.15, 0.2) is 5.78 Å². The van der Waals surface area contributed by atoms with E-state index in [1.165, 1.54) is 6.92 Å². The van der Waals surface area contributed by atoms with Gasteiger partial charge in [-0.1, -0.05) is 48.5 Å². The van der Waals surface area contributed by atoms with E-state index in [-0.39, 0.29) is 12.4 Å². The Balaban J connectivity index is 2.03. The van der Waals surface area contributed by atoms with Crippen molar-refractivity contribution >= 4 is 11.8 Å². The summed E-state index contributed by atoms with van der Waals surface area (Å²) in [7, 11) is 0. The smallest absolute Gasteiger partial charge is 0.342 e. The van der Waals surface area contributed by atoms with Crippen molar-refractivity contribution in [3.8, 4) is 16.9 Å². The standard InChI is InChI=1S/C19H16N2O3/c1-14(22)13-24-19(23)17-12-21(16-10-6-3-7-11-16)20-18(17)15-8-4-2-5-9-15/h2-12H,13H2,1H3. The number of esters is 1. The highest BCUT2D eigenvalue weighted by molar-refractivity contribution is 5.97. The highest BCUT2D eigenvalue weighted by Crippen LogP contribution is 2.24. The lowest BCUT2D eigenvalue weighted by atomic mass is 10.1. The molecule has 0 aliphatic carbocycles.